The molecule has 3 rings (SSSR count). The number of hydrogen-bond acceptors (Lipinski definition) is 3. The molecular weight excluding hydrogens is 266 g/mol. The molecule has 0 fully saturated rings. The first-order valence-electron chi connectivity index (χ1n) is 6.57. The SMILES string of the molecule is COc1ccc(/C=C2\C(=O)Nc3cc(OC)ccc32)cc1. The predicted octanol–water partition coefficient (Wildman–Crippen LogP) is 3.20. The van der Waals surface area contributed by atoms with E-state index in [4.69, 9.17) is 9.47 Å². The first kappa shape index (κ1) is 13.2. The summed E-state index contributed by atoms with van der Waals surface area (Å²) >= 11 is 0. The molecule has 0 atom stereocenters. The molecule has 0 aliphatic carbocycles. The Labute approximate surface area is 123 Å². The average molecular weight is 281 g/mol. The number of methoxy groups -OCH3 is 2. The van der Waals surface area contributed by atoms with Gasteiger partial charge in [-0.1, -0.05) is 12.1 Å². The van der Waals surface area contributed by atoms with Crippen LogP contribution in [0.5, 0.6) is 11.5 Å². The number of nitrogens with one attached hydrogen (secondary N) is 1. The summed E-state index contributed by atoms with van der Waals surface area (Å²) < 4.78 is 10.3. The van der Waals surface area contributed by atoms with Gasteiger partial charge in [-0.15, -0.1) is 0 Å². The summed E-state index contributed by atoms with van der Waals surface area (Å²) in [7, 11) is 3.23. The van der Waals surface area contributed by atoms with Crippen LogP contribution in [0.4, 0.5) is 5.69 Å². The molecule has 0 aromatic heterocycles. The van der Waals surface area contributed by atoms with Crippen LogP contribution < -0.4 is 14.8 Å². The van der Waals surface area contributed by atoms with Gasteiger partial charge in [-0.05, 0) is 35.9 Å². The van der Waals surface area contributed by atoms with Gasteiger partial charge >= 0.3 is 0 Å². The van der Waals surface area contributed by atoms with Crippen molar-refractivity contribution in [1.29, 1.82) is 0 Å². The maximum absolute atomic E-state index is 12.1. The van der Waals surface area contributed by atoms with Crippen LogP contribution in [0.2, 0.25) is 0 Å². The monoisotopic (exact) mass is 281 g/mol. The molecule has 2 aromatic rings. The van der Waals surface area contributed by atoms with Crippen LogP contribution in [-0.2, 0) is 4.79 Å². The summed E-state index contributed by atoms with van der Waals surface area (Å²) in [5, 5.41) is 2.85. The largest absolute Gasteiger partial charge is 0.497 e. The maximum Gasteiger partial charge on any atom is 0.256 e. The van der Waals surface area contributed by atoms with Crippen molar-refractivity contribution in [3.8, 4) is 11.5 Å². The molecule has 1 heterocycles. The van der Waals surface area contributed by atoms with Crippen LogP contribution in [0, 0.1) is 0 Å². The van der Waals surface area contributed by atoms with E-state index in [-0.39, 0.29) is 5.91 Å². The molecule has 1 amide bonds. The van der Waals surface area contributed by atoms with Gasteiger partial charge in [-0.25, -0.2) is 0 Å². The number of ether oxygens (including phenoxy) is 2. The standard InChI is InChI=1S/C17H15NO3/c1-20-12-5-3-11(4-6-12)9-15-14-8-7-13(21-2)10-16(14)18-17(15)19/h3-10H,1-2H3,(H,18,19)/b15-9-. The van der Waals surface area contributed by atoms with E-state index < -0.39 is 0 Å². The summed E-state index contributed by atoms with van der Waals surface area (Å²) in [4.78, 5) is 12.1. The number of benzene rings is 2. The minimum Gasteiger partial charge on any atom is -0.497 e. The van der Waals surface area contributed by atoms with Gasteiger partial charge in [0.15, 0.2) is 0 Å². The zero-order valence-corrected chi connectivity index (χ0v) is 11.8. The maximum atomic E-state index is 12.1. The van der Waals surface area contributed by atoms with Crippen molar-refractivity contribution in [3.63, 3.8) is 0 Å². The number of anilines is 1. The van der Waals surface area contributed by atoms with Crippen LogP contribution in [0.25, 0.3) is 11.6 Å². The van der Waals surface area contributed by atoms with Crippen molar-refractivity contribution in [2.45, 2.75) is 0 Å². The van der Waals surface area contributed by atoms with Gasteiger partial charge in [0, 0.05) is 17.2 Å². The number of carbonyl (C=O) groups is 1. The Morgan fingerprint density at radius 1 is 0.952 bits per heavy atom. The van der Waals surface area contributed by atoms with Gasteiger partial charge < -0.3 is 14.8 Å². The van der Waals surface area contributed by atoms with Crippen LogP contribution in [0.3, 0.4) is 0 Å². The van der Waals surface area contributed by atoms with E-state index in [1.165, 1.54) is 0 Å². The van der Waals surface area contributed by atoms with Crippen molar-refractivity contribution in [2.75, 3.05) is 19.5 Å². The van der Waals surface area contributed by atoms with Gasteiger partial charge in [0.2, 0.25) is 0 Å². The molecule has 106 valence electrons. The van der Waals surface area contributed by atoms with Crippen molar-refractivity contribution in [1.82, 2.24) is 0 Å². The van der Waals surface area contributed by atoms with Crippen LogP contribution >= 0.6 is 0 Å². The Bertz CT molecular complexity index is 717. The van der Waals surface area contributed by atoms with Crippen LogP contribution in [-0.4, -0.2) is 20.1 Å². The van der Waals surface area contributed by atoms with Crippen molar-refractivity contribution >= 4 is 23.2 Å². The fourth-order valence-electron chi connectivity index (χ4n) is 2.31. The number of hydrogen-bond donors (Lipinski definition) is 1. The summed E-state index contributed by atoms with van der Waals surface area (Å²) in [5.41, 5.74) is 3.26. The first-order valence-corrected chi connectivity index (χ1v) is 6.57. The van der Waals surface area contributed by atoms with Crippen LogP contribution in [0.15, 0.2) is 42.5 Å². The molecule has 1 aliphatic heterocycles. The highest BCUT2D eigenvalue weighted by Gasteiger charge is 2.24. The van der Waals surface area contributed by atoms with Gasteiger partial charge in [-0.2, -0.15) is 0 Å². The zero-order chi connectivity index (χ0) is 14.8. The molecule has 0 spiro atoms. The highest BCUT2D eigenvalue weighted by atomic mass is 16.5. The number of carbonyl (C=O) groups excluding carboxylic acids is 1. The van der Waals surface area contributed by atoms with E-state index in [1.807, 2.05) is 48.5 Å². The lowest BCUT2D eigenvalue weighted by molar-refractivity contribution is -0.110. The van der Waals surface area contributed by atoms with Crippen molar-refractivity contribution < 1.29 is 14.3 Å². The Morgan fingerprint density at radius 2 is 1.62 bits per heavy atom. The lowest BCUT2D eigenvalue weighted by atomic mass is 10.0. The third-order valence-electron chi connectivity index (χ3n) is 3.44. The highest BCUT2D eigenvalue weighted by Crippen LogP contribution is 2.35. The molecule has 0 saturated heterocycles. The average Bonchev–Trinajstić information content (AvgIpc) is 2.83. The first-order chi connectivity index (χ1) is 10.2. The highest BCUT2D eigenvalue weighted by molar-refractivity contribution is 6.35. The second-order valence-electron chi connectivity index (χ2n) is 4.70. The molecular formula is C17H15NO3. The van der Waals surface area contributed by atoms with Crippen molar-refractivity contribution in [2.24, 2.45) is 0 Å². The molecule has 0 bridgehead atoms. The zero-order valence-electron chi connectivity index (χ0n) is 11.8. The fraction of sp³-hybridized carbons (Fsp3) is 0.118. The minimum absolute atomic E-state index is 0.103. The molecule has 21 heavy (non-hydrogen) atoms. The van der Waals surface area contributed by atoms with E-state index >= 15 is 0 Å². The third kappa shape index (κ3) is 2.48. The Hall–Kier alpha value is -2.75. The minimum atomic E-state index is -0.103. The molecule has 1 aliphatic rings. The second kappa shape index (κ2) is 5.32. The normalized spacial score (nSPS) is 14.8. The van der Waals surface area contributed by atoms with Crippen molar-refractivity contribution in [3.05, 3.63) is 53.6 Å². The van der Waals surface area contributed by atoms with E-state index in [1.54, 1.807) is 14.2 Å². The molecule has 2 aromatic carbocycles. The van der Waals surface area contributed by atoms with E-state index in [2.05, 4.69) is 5.32 Å². The quantitative estimate of drug-likeness (QED) is 0.879. The third-order valence-corrected chi connectivity index (χ3v) is 3.44. The Balaban J connectivity index is 1.99. The number of fused-ring (bicyclic) bond motifs is 1. The lowest BCUT2D eigenvalue weighted by Crippen LogP contribution is -2.03. The second-order valence-corrected chi connectivity index (χ2v) is 4.70. The van der Waals surface area contributed by atoms with E-state index in [9.17, 15) is 4.79 Å². The van der Waals surface area contributed by atoms with E-state index in [0.717, 1.165) is 28.3 Å². The molecule has 0 unspecified atom stereocenters. The molecule has 0 radical (unpaired) electrons. The number of rotatable bonds is 3. The molecule has 4 heteroatoms. The Kier molecular flexibility index (Phi) is 3.36. The smallest absolute Gasteiger partial charge is 0.256 e. The van der Waals surface area contributed by atoms with Crippen LogP contribution in [0.1, 0.15) is 11.1 Å². The fourth-order valence-corrected chi connectivity index (χ4v) is 2.31. The predicted molar refractivity (Wildman–Crippen MR) is 82.5 cm³/mol. The number of amides is 1. The van der Waals surface area contributed by atoms with Gasteiger partial charge in [0.1, 0.15) is 11.5 Å². The molecule has 1 N–H and O–H groups in total. The van der Waals surface area contributed by atoms with E-state index in [0.29, 0.717) is 5.57 Å². The summed E-state index contributed by atoms with van der Waals surface area (Å²) in [6, 6.07) is 13.1. The summed E-state index contributed by atoms with van der Waals surface area (Å²) in [6.07, 6.45) is 1.87. The topological polar surface area (TPSA) is 47.6 Å². The van der Waals surface area contributed by atoms with Gasteiger partial charge in [-0.3, -0.25) is 4.79 Å². The summed E-state index contributed by atoms with van der Waals surface area (Å²) in [5.74, 6) is 1.41. The molecule has 4 nitrogen and oxygen atoms in total. The van der Waals surface area contributed by atoms with Gasteiger partial charge in [0.25, 0.3) is 5.91 Å². The lowest BCUT2D eigenvalue weighted by Gasteiger charge is -2.03. The summed E-state index contributed by atoms with van der Waals surface area (Å²) in [6.45, 7) is 0. The van der Waals surface area contributed by atoms with Gasteiger partial charge in [0.05, 0.1) is 19.9 Å². The molecule has 0 saturated carbocycles. The Morgan fingerprint density at radius 3 is 2.29 bits per heavy atom.